The van der Waals surface area contributed by atoms with Crippen molar-refractivity contribution in [1.29, 1.82) is 0 Å². The number of halogens is 1. The van der Waals surface area contributed by atoms with Crippen molar-refractivity contribution < 1.29 is 9.53 Å². The number of ether oxygens (including phenoxy) is 1. The second kappa shape index (κ2) is 6.26. The minimum absolute atomic E-state index is 0. The monoisotopic (exact) mass is 282 g/mol. The van der Waals surface area contributed by atoms with Gasteiger partial charge in [0, 0.05) is 24.5 Å². The summed E-state index contributed by atoms with van der Waals surface area (Å²) >= 11 is 0. The van der Waals surface area contributed by atoms with Gasteiger partial charge in [0.2, 0.25) is 0 Å². The lowest BCUT2D eigenvalue weighted by atomic mass is 10.0. The minimum atomic E-state index is -0.265. The van der Waals surface area contributed by atoms with Crippen molar-refractivity contribution in [2.45, 2.75) is 31.8 Å². The second-order valence-electron chi connectivity index (χ2n) is 4.89. The van der Waals surface area contributed by atoms with Gasteiger partial charge in [-0.25, -0.2) is 0 Å². The fourth-order valence-electron chi connectivity index (χ4n) is 2.56. The summed E-state index contributed by atoms with van der Waals surface area (Å²) in [6.07, 6.45) is 3.77. The summed E-state index contributed by atoms with van der Waals surface area (Å²) in [6, 6.07) is 6.05. The highest BCUT2D eigenvalue weighted by Crippen LogP contribution is 2.25. The normalized spacial score (nSPS) is 20.9. The lowest BCUT2D eigenvalue weighted by Gasteiger charge is -2.19. The predicted octanol–water partition coefficient (Wildman–Crippen LogP) is 2.58. The molecule has 1 unspecified atom stereocenters. The third-order valence-electron chi connectivity index (χ3n) is 3.53. The van der Waals surface area contributed by atoms with Crippen LogP contribution in [0.4, 0.5) is 11.4 Å². The van der Waals surface area contributed by atoms with Crippen LogP contribution in [0.3, 0.4) is 0 Å². The van der Waals surface area contributed by atoms with Gasteiger partial charge in [0.05, 0.1) is 0 Å². The van der Waals surface area contributed by atoms with E-state index in [0.717, 1.165) is 37.9 Å². The van der Waals surface area contributed by atoms with E-state index in [9.17, 15) is 4.79 Å². The minimum Gasteiger partial charge on any atom is -0.385 e. The maximum Gasteiger partial charge on any atom is 0.253 e. The molecule has 1 atom stereocenters. The van der Waals surface area contributed by atoms with E-state index in [1.165, 1.54) is 11.3 Å². The number of fused-ring (bicyclic) bond motifs is 1. The number of rotatable bonds is 2. The van der Waals surface area contributed by atoms with Gasteiger partial charge in [0.25, 0.3) is 5.91 Å². The lowest BCUT2D eigenvalue weighted by molar-refractivity contribution is -0.124. The van der Waals surface area contributed by atoms with Gasteiger partial charge >= 0.3 is 0 Å². The van der Waals surface area contributed by atoms with Crippen LogP contribution in [0.15, 0.2) is 18.2 Å². The molecule has 0 aromatic heterocycles. The SMILES string of the molecule is Cl.O=C(Nc1ccc2c(c1)CCCN2)C1CCCO1. The van der Waals surface area contributed by atoms with Crippen molar-refractivity contribution in [3.05, 3.63) is 23.8 Å². The smallest absolute Gasteiger partial charge is 0.253 e. The highest BCUT2D eigenvalue weighted by Gasteiger charge is 2.23. The Hall–Kier alpha value is -1.26. The number of hydrogen-bond donors (Lipinski definition) is 2. The van der Waals surface area contributed by atoms with Crippen LogP contribution < -0.4 is 10.6 Å². The number of aryl methyl sites for hydroxylation is 1. The fraction of sp³-hybridized carbons (Fsp3) is 0.500. The highest BCUT2D eigenvalue weighted by molar-refractivity contribution is 5.94. The third kappa shape index (κ3) is 3.19. The van der Waals surface area contributed by atoms with Crippen molar-refractivity contribution in [3.63, 3.8) is 0 Å². The molecule has 1 saturated heterocycles. The number of benzene rings is 1. The van der Waals surface area contributed by atoms with Crippen molar-refractivity contribution >= 4 is 29.7 Å². The zero-order valence-corrected chi connectivity index (χ0v) is 11.6. The van der Waals surface area contributed by atoms with E-state index in [2.05, 4.69) is 16.7 Å². The van der Waals surface area contributed by atoms with Gasteiger partial charge in [-0.15, -0.1) is 12.4 Å². The molecule has 0 saturated carbocycles. The molecular weight excluding hydrogens is 264 g/mol. The van der Waals surface area contributed by atoms with E-state index < -0.39 is 0 Å². The summed E-state index contributed by atoms with van der Waals surface area (Å²) in [5.41, 5.74) is 3.35. The summed E-state index contributed by atoms with van der Waals surface area (Å²) in [5.74, 6) is -0.0174. The van der Waals surface area contributed by atoms with Crippen LogP contribution in [-0.2, 0) is 16.0 Å². The second-order valence-corrected chi connectivity index (χ2v) is 4.89. The van der Waals surface area contributed by atoms with Gasteiger partial charge in [-0.2, -0.15) is 0 Å². The Morgan fingerprint density at radius 3 is 3.05 bits per heavy atom. The molecule has 2 aliphatic rings. The number of carbonyl (C=O) groups is 1. The van der Waals surface area contributed by atoms with E-state index in [4.69, 9.17) is 4.74 Å². The van der Waals surface area contributed by atoms with Crippen LogP contribution in [0.25, 0.3) is 0 Å². The zero-order chi connectivity index (χ0) is 12.4. The van der Waals surface area contributed by atoms with E-state index >= 15 is 0 Å². The Morgan fingerprint density at radius 1 is 1.37 bits per heavy atom. The number of carbonyl (C=O) groups excluding carboxylic acids is 1. The summed E-state index contributed by atoms with van der Waals surface area (Å²) < 4.78 is 5.38. The van der Waals surface area contributed by atoms with Crippen molar-refractivity contribution in [2.75, 3.05) is 23.8 Å². The Kier molecular flexibility index (Phi) is 4.66. The first-order valence-electron chi connectivity index (χ1n) is 6.62. The van der Waals surface area contributed by atoms with Crippen molar-refractivity contribution in [2.24, 2.45) is 0 Å². The molecule has 2 N–H and O–H groups in total. The topological polar surface area (TPSA) is 50.4 Å². The first-order chi connectivity index (χ1) is 8.83. The number of amides is 1. The van der Waals surface area contributed by atoms with Crippen LogP contribution in [0.5, 0.6) is 0 Å². The molecule has 0 bridgehead atoms. The standard InChI is InChI=1S/C14H18N2O2.ClH/c17-14(13-4-2-8-18-13)16-11-5-6-12-10(9-11)3-1-7-15-12;/h5-6,9,13,15H,1-4,7-8H2,(H,16,17);1H. The Balaban J connectivity index is 0.00000133. The van der Waals surface area contributed by atoms with Crippen molar-refractivity contribution in [3.8, 4) is 0 Å². The van der Waals surface area contributed by atoms with Gasteiger partial charge in [-0.05, 0) is 49.4 Å². The maximum absolute atomic E-state index is 11.9. The molecule has 0 radical (unpaired) electrons. The first-order valence-corrected chi connectivity index (χ1v) is 6.62. The van der Waals surface area contributed by atoms with Gasteiger partial charge in [-0.3, -0.25) is 4.79 Å². The van der Waals surface area contributed by atoms with Crippen LogP contribution in [0.1, 0.15) is 24.8 Å². The number of hydrogen-bond acceptors (Lipinski definition) is 3. The average Bonchev–Trinajstić information content (AvgIpc) is 2.92. The molecule has 0 spiro atoms. The average molecular weight is 283 g/mol. The van der Waals surface area contributed by atoms with E-state index in [0.29, 0.717) is 6.61 Å². The van der Waals surface area contributed by atoms with Gasteiger partial charge in [0.15, 0.2) is 0 Å². The number of nitrogens with one attached hydrogen (secondary N) is 2. The number of anilines is 2. The van der Waals surface area contributed by atoms with Crippen LogP contribution in [0, 0.1) is 0 Å². The van der Waals surface area contributed by atoms with Crippen LogP contribution in [0.2, 0.25) is 0 Å². The summed E-state index contributed by atoms with van der Waals surface area (Å²) in [7, 11) is 0. The molecular formula is C14H19ClN2O2. The molecule has 1 amide bonds. The fourth-order valence-corrected chi connectivity index (χ4v) is 2.56. The molecule has 104 valence electrons. The summed E-state index contributed by atoms with van der Waals surface area (Å²) in [4.78, 5) is 11.9. The predicted molar refractivity (Wildman–Crippen MR) is 78.1 cm³/mol. The molecule has 2 heterocycles. The Labute approximate surface area is 119 Å². The maximum atomic E-state index is 11.9. The molecule has 0 aliphatic carbocycles. The van der Waals surface area contributed by atoms with E-state index in [1.54, 1.807) is 0 Å². The van der Waals surface area contributed by atoms with Gasteiger partial charge in [-0.1, -0.05) is 0 Å². The molecule has 1 fully saturated rings. The quantitative estimate of drug-likeness (QED) is 0.877. The first kappa shape index (κ1) is 14.2. The molecule has 1 aromatic rings. The van der Waals surface area contributed by atoms with Crippen molar-refractivity contribution in [1.82, 2.24) is 0 Å². The molecule has 3 rings (SSSR count). The molecule has 19 heavy (non-hydrogen) atoms. The zero-order valence-electron chi connectivity index (χ0n) is 10.8. The van der Waals surface area contributed by atoms with Gasteiger partial charge in [0.1, 0.15) is 6.10 Å². The molecule has 1 aromatic carbocycles. The van der Waals surface area contributed by atoms with E-state index in [1.807, 2.05) is 12.1 Å². The molecule has 2 aliphatic heterocycles. The molecule has 5 heteroatoms. The Morgan fingerprint density at radius 2 is 2.26 bits per heavy atom. The summed E-state index contributed by atoms with van der Waals surface area (Å²) in [5, 5.41) is 6.30. The van der Waals surface area contributed by atoms with E-state index in [-0.39, 0.29) is 24.4 Å². The third-order valence-corrected chi connectivity index (χ3v) is 3.53. The van der Waals surface area contributed by atoms with Crippen LogP contribution >= 0.6 is 12.4 Å². The molecule has 4 nitrogen and oxygen atoms in total. The lowest BCUT2D eigenvalue weighted by Crippen LogP contribution is -2.27. The van der Waals surface area contributed by atoms with Crippen LogP contribution in [-0.4, -0.2) is 25.2 Å². The highest BCUT2D eigenvalue weighted by atomic mass is 35.5. The largest absolute Gasteiger partial charge is 0.385 e. The van der Waals surface area contributed by atoms with Gasteiger partial charge < -0.3 is 15.4 Å². The summed E-state index contributed by atoms with van der Waals surface area (Å²) in [6.45, 7) is 1.74. The Bertz CT molecular complexity index is 459.